The van der Waals surface area contributed by atoms with E-state index in [4.69, 9.17) is 36.1 Å². The predicted molar refractivity (Wildman–Crippen MR) is 84.7 cm³/mol. The third-order valence-electron chi connectivity index (χ3n) is 2.78. The second-order valence-electron chi connectivity index (χ2n) is 4.37. The average molecular weight is 348 g/mol. The lowest BCUT2D eigenvalue weighted by atomic mass is 10.4. The summed E-state index contributed by atoms with van der Waals surface area (Å²) in [5, 5.41) is 15.6. The van der Waals surface area contributed by atoms with Crippen molar-refractivity contribution in [3.05, 3.63) is 29.3 Å². The summed E-state index contributed by atoms with van der Waals surface area (Å²) in [5.74, 6) is -2.52. The maximum atomic E-state index is 9.10. The summed E-state index contributed by atoms with van der Waals surface area (Å²) in [6.45, 7) is 5.04. The summed E-state index contributed by atoms with van der Waals surface area (Å²) < 4.78 is 5.31. The van der Waals surface area contributed by atoms with Gasteiger partial charge in [0.15, 0.2) is 0 Å². The van der Waals surface area contributed by atoms with Gasteiger partial charge in [-0.1, -0.05) is 11.6 Å². The van der Waals surface area contributed by atoms with Crippen LogP contribution in [0.15, 0.2) is 29.2 Å². The van der Waals surface area contributed by atoms with E-state index in [-0.39, 0.29) is 0 Å². The molecule has 1 aromatic rings. The molecule has 0 spiro atoms. The Morgan fingerprint density at radius 3 is 2.18 bits per heavy atom. The van der Waals surface area contributed by atoms with Gasteiger partial charge in [0.2, 0.25) is 0 Å². The van der Waals surface area contributed by atoms with Crippen molar-refractivity contribution >= 4 is 35.3 Å². The van der Waals surface area contributed by atoms with Crippen LogP contribution in [0.1, 0.15) is 0 Å². The molecule has 122 valence electrons. The molecule has 0 amide bonds. The highest BCUT2D eigenvalue weighted by Gasteiger charge is 2.09. The molecular weight excluding hydrogens is 330 g/mol. The van der Waals surface area contributed by atoms with Gasteiger partial charge >= 0.3 is 11.9 Å². The largest absolute Gasteiger partial charge is 0.473 e. The molecule has 1 aromatic carbocycles. The van der Waals surface area contributed by atoms with Gasteiger partial charge in [-0.15, -0.1) is 11.8 Å². The van der Waals surface area contributed by atoms with Crippen LogP contribution in [0.4, 0.5) is 0 Å². The van der Waals surface area contributed by atoms with Crippen molar-refractivity contribution in [2.75, 3.05) is 38.6 Å². The van der Waals surface area contributed by atoms with Crippen molar-refractivity contribution in [1.82, 2.24) is 4.90 Å². The number of ether oxygens (including phenoxy) is 1. The number of thioether (sulfide) groups is 1. The number of carboxylic acid groups (broad SMARTS) is 2. The van der Waals surface area contributed by atoms with Gasteiger partial charge in [-0.05, 0) is 24.3 Å². The van der Waals surface area contributed by atoms with Crippen LogP contribution in [0, 0.1) is 0 Å². The summed E-state index contributed by atoms with van der Waals surface area (Å²) in [6, 6.07) is 8.04. The SMILES string of the molecule is Clc1ccc(SCCN2CCOCC2)cc1.O=C(O)C(=O)O. The van der Waals surface area contributed by atoms with Crippen molar-refractivity contribution < 1.29 is 24.5 Å². The Labute approximate surface area is 138 Å². The van der Waals surface area contributed by atoms with Gasteiger partial charge < -0.3 is 14.9 Å². The van der Waals surface area contributed by atoms with E-state index >= 15 is 0 Å². The van der Waals surface area contributed by atoms with Crippen molar-refractivity contribution in [3.63, 3.8) is 0 Å². The number of carboxylic acids is 2. The van der Waals surface area contributed by atoms with Crippen molar-refractivity contribution in [2.45, 2.75) is 4.90 Å². The van der Waals surface area contributed by atoms with Crippen LogP contribution in [0.2, 0.25) is 5.02 Å². The minimum absolute atomic E-state index is 0.803. The van der Waals surface area contributed by atoms with Crippen LogP contribution in [-0.4, -0.2) is 65.7 Å². The second kappa shape index (κ2) is 10.4. The first-order valence-corrected chi connectivity index (χ1v) is 8.00. The van der Waals surface area contributed by atoms with E-state index in [9.17, 15) is 0 Å². The lowest BCUT2D eigenvalue weighted by molar-refractivity contribution is -0.159. The summed E-state index contributed by atoms with van der Waals surface area (Å²) in [5.41, 5.74) is 0. The zero-order valence-corrected chi connectivity index (χ0v) is 13.5. The number of rotatable bonds is 4. The Morgan fingerprint density at radius 1 is 1.14 bits per heavy atom. The number of aliphatic carboxylic acids is 2. The van der Waals surface area contributed by atoms with E-state index < -0.39 is 11.9 Å². The maximum absolute atomic E-state index is 9.10. The number of morpholine rings is 1. The average Bonchev–Trinajstić information content (AvgIpc) is 2.51. The van der Waals surface area contributed by atoms with Gasteiger partial charge in [0, 0.05) is 35.3 Å². The Balaban J connectivity index is 0.000000346. The molecule has 0 bridgehead atoms. The maximum Gasteiger partial charge on any atom is 0.414 e. The molecule has 22 heavy (non-hydrogen) atoms. The summed E-state index contributed by atoms with van der Waals surface area (Å²) in [4.78, 5) is 21.9. The smallest absolute Gasteiger partial charge is 0.414 e. The number of halogens is 1. The molecule has 0 radical (unpaired) electrons. The number of hydrogen-bond donors (Lipinski definition) is 2. The highest BCUT2D eigenvalue weighted by atomic mass is 35.5. The fraction of sp³-hybridized carbons (Fsp3) is 0.429. The van der Waals surface area contributed by atoms with Crippen LogP contribution < -0.4 is 0 Å². The Morgan fingerprint density at radius 2 is 1.68 bits per heavy atom. The van der Waals surface area contributed by atoms with E-state index in [0.717, 1.165) is 43.6 Å². The molecule has 6 nitrogen and oxygen atoms in total. The normalized spacial score (nSPS) is 14.8. The van der Waals surface area contributed by atoms with E-state index in [1.54, 1.807) is 0 Å². The molecule has 0 saturated carbocycles. The van der Waals surface area contributed by atoms with E-state index in [0.29, 0.717) is 0 Å². The Bertz CT molecular complexity index is 465. The van der Waals surface area contributed by atoms with Crippen LogP contribution in [0.25, 0.3) is 0 Å². The first-order chi connectivity index (χ1) is 10.5. The fourth-order valence-corrected chi connectivity index (χ4v) is 2.69. The zero-order valence-electron chi connectivity index (χ0n) is 11.9. The molecule has 2 rings (SSSR count). The minimum atomic E-state index is -1.82. The monoisotopic (exact) mass is 347 g/mol. The molecule has 1 aliphatic rings. The number of benzene rings is 1. The molecule has 1 saturated heterocycles. The molecule has 8 heteroatoms. The molecule has 0 aliphatic carbocycles. The first kappa shape index (κ1) is 18.8. The fourth-order valence-electron chi connectivity index (χ4n) is 1.65. The van der Waals surface area contributed by atoms with E-state index in [2.05, 4.69) is 17.0 Å². The highest BCUT2D eigenvalue weighted by Crippen LogP contribution is 2.20. The van der Waals surface area contributed by atoms with Gasteiger partial charge in [0.05, 0.1) is 13.2 Å². The molecular formula is C14H18ClNO5S. The molecule has 0 aromatic heterocycles. The molecule has 2 N–H and O–H groups in total. The standard InChI is InChI=1S/C12H16ClNOS.C2H2O4/c13-11-1-3-12(4-2-11)16-10-7-14-5-8-15-9-6-14;3-1(4)2(5)6/h1-4H,5-10H2;(H,3,4)(H,5,6). The summed E-state index contributed by atoms with van der Waals surface area (Å²) in [7, 11) is 0. The summed E-state index contributed by atoms with van der Waals surface area (Å²) in [6.07, 6.45) is 0. The van der Waals surface area contributed by atoms with Gasteiger partial charge in [-0.2, -0.15) is 0 Å². The number of hydrogen-bond acceptors (Lipinski definition) is 5. The zero-order chi connectivity index (χ0) is 16.4. The third-order valence-corrected chi connectivity index (χ3v) is 4.02. The van der Waals surface area contributed by atoms with Gasteiger partial charge in [0.25, 0.3) is 0 Å². The van der Waals surface area contributed by atoms with Gasteiger partial charge in [-0.3, -0.25) is 4.90 Å². The molecule has 1 aliphatic heterocycles. The van der Waals surface area contributed by atoms with Crippen LogP contribution in [0.3, 0.4) is 0 Å². The lowest BCUT2D eigenvalue weighted by Crippen LogP contribution is -2.37. The molecule has 0 atom stereocenters. The summed E-state index contributed by atoms with van der Waals surface area (Å²) >= 11 is 7.72. The quantitative estimate of drug-likeness (QED) is 0.635. The highest BCUT2D eigenvalue weighted by molar-refractivity contribution is 7.99. The topological polar surface area (TPSA) is 87.1 Å². The predicted octanol–water partition coefficient (Wildman–Crippen LogP) is 1.92. The Hall–Kier alpha value is -1.28. The van der Waals surface area contributed by atoms with E-state index in [1.807, 2.05) is 23.9 Å². The van der Waals surface area contributed by atoms with Crippen LogP contribution >= 0.6 is 23.4 Å². The van der Waals surface area contributed by atoms with Crippen molar-refractivity contribution in [2.24, 2.45) is 0 Å². The van der Waals surface area contributed by atoms with Crippen LogP contribution in [0.5, 0.6) is 0 Å². The minimum Gasteiger partial charge on any atom is -0.473 e. The van der Waals surface area contributed by atoms with Crippen molar-refractivity contribution in [3.8, 4) is 0 Å². The van der Waals surface area contributed by atoms with Gasteiger partial charge in [0.1, 0.15) is 0 Å². The van der Waals surface area contributed by atoms with Crippen LogP contribution in [-0.2, 0) is 14.3 Å². The van der Waals surface area contributed by atoms with Gasteiger partial charge in [-0.25, -0.2) is 9.59 Å². The lowest BCUT2D eigenvalue weighted by Gasteiger charge is -2.26. The Kier molecular flexibility index (Phi) is 8.91. The van der Waals surface area contributed by atoms with Crippen molar-refractivity contribution in [1.29, 1.82) is 0 Å². The third kappa shape index (κ3) is 8.23. The van der Waals surface area contributed by atoms with E-state index in [1.165, 1.54) is 4.90 Å². The first-order valence-electron chi connectivity index (χ1n) is 6.63. The molecule has 1 fully saturated rings. The second-order valence-corrected chi connectivity index (χ2v) is 5.97. The number of carbonyl (C=O) groups is 2. The molecule has 1 heterocycles. The molecule has 0 unspecified atom stereocenters. The number of nitrogens with zero attached hydrogens (tertiary/aromatic N) is 1.